The summed E-state index contributed by atoms with van der Waals surface area (Å²) < 4.78 is 5.78. The number of anilines is 2. The summed E-state index contributed by atoms with van der Waals surface area (Å²) in [5.74, 6) is 0.521. The highest BCUT2D eigenvalue weighted by atomic mass is 16.5. The Bertz CT molecular complexity index is 972. The highest BCUT2D eigenvalue weighted by molar-refractivity contribution is 6.07. The van der Waals surface area contributed by atoms with Crippen molar-refractivity contribution in [1.82, 2.24) is 0 Å². The molecule has 1 fully saturated rings. The number of carbonyl (C=O) groups is 2. The first-order valence-electron chi connectivity index (χ1n) is 9.65. The Kier molecular flexibility index (Phi) is 5.56. The summed E-state index contributed by atoms with van der Waals surface area (Å²) >= 11 is 0. The zero-order chi connectivity index (χ0) is 20.1. The van der Waals surface area contributed by atoms with Gasteiger partial charge in [0.25, 0.3) is 0 Å². The quantitative estimate of drug-likeness (QED) is 0.683. The maximum atomic E-state index is 12.8. The number of carbonyl (C=O) groups excluding carboxylic acids is 2. The van der Waals surface area contributed by atoms with Gasteiger partial charge in [-0.1, -0.05) is 48.5 Å². The lowest BCUT2D eigenvalue weighted by Gasteiger charge is -2.24. The molecule has 0 aliphatic carbocycles. The summed E-state index contributed by atoms with van der Waals surface area (Å²) in [6.07, 6.45) is 0.886. The van der Waals surface area contributed by atoms with Crippen molar-refractivity contribution >= 4 is 23.2 Å². The van der Waals surface area contributed by atoms with Gasteiger partial charge in [-0.3, -0.25) is 14.5 Å². The molecule has 1 unspecified atom stereocenters. The van der Waals surface area contributed by atoms with Crippen LogP contribution in [0.3, 0.4) is 0 Å². The topological polar surface area (TPSA) is 58.6 Å². The van der Waals surface area contributed by atoms with Crippen LogP contribution in [0.2, 0.25) is 0 Å². The van der Waals surface area contributed by atoms with Crippen molar-refractivity contribution in [2.24, 2.45) is 0 Å². The Balaban J connectivity index is 1.38. The molecule has 3 aromatic rings. The number of rotatable bonds is 6. The van der Waals surface area contributed by atoms with E-state index in [1.807, 2.05) is 84.9 Å². The number of nitrogens with one attached hydrogen (secondary N) is 1. The summed E-state index contributed by atoms with van der Waals surface area (Å²) in [4.78, 5) is 26.7. The summed E-state index contributed by atoms with van der Waals surface area (Å²) in [6.45, 7) is 0.489. The van der Waals surface area contributed by atoms with Crippen molar-refractivity contribution < 1.29 is 14.3 Å². The minimum absolute atomic E-state index is 0.0268. The van der Waals surface area contributed by atoms with Gasteiger partial charge in [0.05, 0.1) is 0 Å². The van der Waals surface area contributed by atoms with Crippen LogP contribution < -0.4 is 15.0 Å². The van der Waals surface area contributed by atoms with Crippen LogP contribution in [-0.2, 0) is 16.2 Å². The Morgan fingerprint density at radius 2 is 1.59 bits per heavy atom. The van der Waals surface area contributed by atoms with Crippen molar-refractivity contribution in [3.05, 3.63) is 90.5 Å². The Hall–Kier alpha value is -3.60. The molecule has 146 valence electrons. The fourth-order valence-electron chi connectivity index (χ4n) is 3.45. The molecule has 2 amide bonds. The van der Waals surface area contributed by atoms with Gasteiger partial charge in [-0.05, 0) is 48.4 Å². The van der Waals surface area contributed by atoms with E-state index in [2.05, 4.69) is 5.32 Å². The third kappa shape index (κ3) is 4.46. The van der Waals surface area contributed by atoms with Crippen LogP contribution >= 0.6 is 0 Å². The molecule has 1 aliphatic rings. The molecule has 1 N–H and O–H groups in total. The van der Waals surface area contributed by atoms with E-state index in [-0.39, 0.29) is 11.8 Å². The molecule has 5 nitrogen and oxygen atoms in total. The molecule has 3 aromatic carbocycles. The largest absolute Gasteiger partial charge is 0.489 e. The number of hydrogen-bond donors (Lipinski definition) is 1. The third-order valence-corrected chi connectivity index (χ3v) is 4.92. The highest BCUT2D eigenvalue weighted by Gasteiger charge is 2.36. The molecule has 0 saturated carbocycles. The van der Waals surface area contributed by atoms with E-state index in [1.54, 1.807) is 4.90 Å². The number of amides is 2. The average molecular weight is 386 g/mol. The lowest BCUT2D eigenvalue weighted by atomic mass is 10.2. The Morgan fingerprint density at radius 1 is 0.931 bits per heavy atom. The van der Waals surface area contributed by atoms with Crippen LogP contribution in [-0.4, -0.2) is 17.9 Å². The fourth-order valence-corrected chi connectivity index (χ4v) is 3.45. The van der Waals surface area contributed by atoms with Gasteiger partial charge in [-0.15, -0.1) is 0 Å². The molecular formula is C24H22N2O3. The SMILES string of the molecule is O=C(Nc1ccc(OCc2ccccc2)cc1)C1CCC(=O)N1c1ccccc1. The third-order valence-electron chi connectivity index (χ3n) is 4.92. The number of para-hydroxylation sites is 1. The molecule has 1 atom stereocenters. The van der Waals surface area contributed by atoms with E-state index >= 15 is 0 Å². The summed E-state index contributed by atoms with van der Waals surface area (Å²) in [7, 11) is 0. The molecule has 1 saturated heterocycles. The predicted octanol–water partition coefficient (Wildman–Crippen LogP) is 4.40. The van der Waals surface area contributed by atoms with Crippen LogP contribution in [0.15, 0.2) is 84.9 Å². The van der Waals surface area contributed by atoms with Crippen LogP contribution in [0.25, 0.3) is 0 Å². The second kappa shape index (κ2) is 8.61. The average Bonchev–Trinajstić information content (AvgIpc) is 3.16. The number of hydrogen-bond acceptors (Lipinski definition) is 3. The van der Waals surface area contributed by atoms with Gasteiger partial charge in [-0.25, -0.2) is 0 Å². The standard InChI is InChI=1S/C24H22N2O3/c27-23-16-15-22(26(23)20-9-5-2-6-10-20)24(28)25-19-11-13-21(14-12-19)29-17-18-7-3-1-4-8-18/h1-14,22H,15-17H2,(H,25,28). The lowest BCUT2D eigenvalue weighted by Crippen LogP contribution is -2.41. The summed E-state index contributed by atoms with van der Waals surface area (Å²) in [6, 6.07) is 26.0. The second-order valence-electron chi connectivity index (χ2n) is 6.94. The number of benzene rings is 3. The van der Waals surface area contributed by atoms with Gasteiger partial charge in [0.1, 0.15) is 18.4 Å². The monoisotopic (exact) mass is 386 g/mol. The van der Waals surface area contributed by atoms with Crippen molar-refractivity contribution in [3.63, 3.8) is 0 Å². The summed E-state index contributed by atoms with van der Waals surface area (Å²) in [5.41, 5.74) is 2.52. The van der Waals surface area contributed by atoms with Crippen LogP contribution in [0.1, 0.15) is 18.4 Å². The molecule has 0 spiro atoms. The van der Waals surface area contributed by atoms with Crippen molar-refractivity contribution in [2.45, 2.75) is 25.5 Å². The molecule has 1 heterocycles. The molecule has 0 bridgehead atoms. The summed E-state index contributed by atoms with van der Waals surface area (Å²) in [5, 5.41) is 2.92. The first-order chi connectivity index (χ1) is 14.2. The minimum atomic E-state index is -0.501. The predicted molar refractivity (Wildman–Crippen MR) is 113 cm³/mol. The molecule has 5 heteroatoms. The first kappa shape index (κ1) is 18.7. The van der Waals surface area contributed by atoms with E-state index in [9.17, 15) is 9.59 Å². The zero-order valence-corrected chi connectivity index (χ0v) is 16.0. The Labute approximate surface area is 169 Å². The minimum Gasteiger partial charge on any atom is -0.489 e. The van der Waals surface area contributed by atoms with E-state index in [1.165, 1.54) is 0 Å². The van der Waals surface area contributed by atoms with E-state index in [4.69, 9.17) is 4.74 Å². The highest BCUT2D eigenvalue weighted by Crippen LogP contribution is 2.27. The van der Waals surface area contributed by atoms with Crippen LogP contribution in [0.5, 0.6) is 5.75 Å². The number of nitrogens with zero attached hydrogens (tertiary/aromatic N) is 1. The maximum Gasteiger partial charge on any atom is 0.247 e. The van der Waals surface area contributed by atoms with Crippen LogP contribution in [0.4, 0.5) is 11.4 Å². The van der Waals surface area contributed by atoms with Gasteiger partial charge in [-0.2, -0.15) is 0 Å². The maximum absolute atomic E-state index is 12.8. The molecule has 1 aliphatic heterocycles. The van der Waals surface area contributed by atoms with Gasteiger partial charge in [0.15, 0.2) is 0 Å². The van der Waals surface area contributed by atoms with Gasteiger partial charge in [0, 0.05) is 17.8 Å². The fraction of sp³-hybridized carbons (Fsp3) is 0.167. The van der Waals surface area contributed by atoms with E-state index in [0.717, 1.165) is 17.0 Å². The lowest BCUT2D eigenvalue weighted by molar-refractivity contribution is -0.120. The molecule has 29 heavy (non-hydrogen) atoms. The van der Waals surface area contributed by atoms with Crippen molar-refractivity contribution in [1.29, 1.82) is 0 Å². The Morgan fingerprint density at radius 3 is 2.28 bits per heavy atom. The van der Waals surface area contributed by atoms with Crippen LogP contribution in [0, 0.1) is 0 Å². The van der Waals surface area contributed by atoms with Gasteiger partial charge >= 0.3 is 0 Å². The molecule has 0 aromatic heterocycles. The van der Waals surface area contributed by atoms with Crippen molar-refractivity contribution in [3.8, 4) is 5.75 Å². The molecular weight excluding hydrogens is 364 g/mol. The van der Waals surface area contributed by atoms with E-state index in [0.29, 0.717) is 25.1 Å². The second-order valence-corrected chi connectivity index (χ2v) is 6.94. The molecule has 4 rings (SSSR count). The van der Waals surface area contributed by atoms with E-state index < -0.39 is 6.04 Å². The first-order valence-corrected chi connectivity index (χ1v) is 9.65. The number of ether oxygens (including phenoxy) is 1. The van der Waals surface area contributed by atoms with Gasteiger partial charge in [0.2, 0.25) is 11.8 Å². The smallest absolute Gasteiger partial charge is 0.247 e. The molecule has 0 radical (unpaired) electrons. The normalized spacial score (nSPS) is 15.9. The zero-order valence-electron chi connectivity index (χ0n) is 16.0. The van der Waals surface area contributed by atoms with Crippen molar-refractivity contribution in [2.75, 3.05) is 10.2 Å². The van der Waals surface area contributed by atoms with Gasteiger partial charge < -0.3 is 10.1 Å².